The molecule has 0 saturated carbocycles. The molecule has 1 unspecified atom stereocenters. The molecule has 6 rings (SSSR count). The van der Waals surface area contributed by atoms with Crippen LogP contribution in [0, 0.1) is 5.92 Å². The second kappa shape index (κ2) is 4.85. The smallest absolute Gasteiger partial charge is 0.415 e. The molecule has 0 radical (unpaired) electrons. The Morgan fingerprint density at radius 3 is 2.74 bits per heavy atom. The molecule has 23 heavy (non-hydrogen) atoms. The van der Waals surface area contributed by atoms with E-state index in [0.29, 0.717) is 12.5 Å². The van der Waals surface area contributed by atoms with Crippen LogP contribution in [-0.2, 0) is 4.74 Å². The Hall–Kier alpha value is -1.79. The number of anilines is 1. The number of hydrogen-bond acceptors (Lipinski definition) is 5. The van der Waals surface area contributed by atoms with Crippen LogP contribution in [0.2, 0.25) is 0 Å². The van der Waals surface area contributed by atoms with Crippen molar-refractivity contribution >= 4 is 22.4 Å². The second-order valence-electron chi connectivity index (χ2n) is 6.68. The molecule has 1 amide bonds. The summed E-state index contributed by atoms with van der Waals surface area (Å²) in [6, 6.07) is 7.81. The van der Waals surface area contributed by atoms with E-state index in [2.05, 4.69) is 4.90 Å². The quantitative estimate of drug-likeness (QED) is 0.846. The normalized spacial score (nSPS) is 32.7. The summed E-state index contributed by atoms with van der Waals surface area (Å²) in [7, 11) is 0. The van der Waals surface area contributed by atoms with Crippen LogP contribution in [-0.4, -0.2) is 42.8 Å². The molecule has 0 aromatic carbocycles. The van der Waals surface area contributed by atoms with Crippen LogP contribution in [0.3, 0.4) is 0 Å². The van der Waals surface area contributed by atoms with Crippen LogP contribution in [0.15, 0.2) is 34.9 Å². The lowest BCUT2D eigenvalue weighted by Gasteiger charge is -2.49. The van der Waals surface area contributed by atoms with Crippen molar-refractivity contribution in [3.8, 4) is 10.6 Å². The summed E-state index contributed by atoms with van der Waals surface area (Å²) in [6.07, 6.45) is 3.75. The first-order chi connectivity index (χ1) is 11.2. The van der Waals surface area contributed by atoms with Crippen LogP contribution in [0.1, 0.15) is 12.8 Å². The third-order valence-corrected chi connectivity index (χ3v) is 6.50. The fourth-order valence-corrected chi connectivity index (χ4v) is 5.17. The maximum Gasteiger partial charge on any atom is 0.415 e. The maximum absolute atomic E-state index is 12.5. The molecule has 0 aliphatic carbocycles. The number of rotatable bonds is 2. The largest absolute Gasteiger partial charge is 0.464 e. The number of piperidine rings is 3. The second-order valence-corrected chi connectivity index (χ2v) is 7.75. The Morgan fingerprint density at radius 1 is 1.17 bits per heavy atom. The van der Waals surface area contributed by atoms with Gasteiger partial charge >= 0.3 is 6.09 Å². The Balaban J connectivity index is 1.43. The molecule has 120 valence electrons. The molecule has 4 saturated heterocycles. The molecule has 0 N–H and O–H groups in total. The number of carbonyl (C=O) groups is 1. The van der Waals surface area contributed by atoms with Crippen molar-refractivity contribution in [2.24, 2.45) is 5.92 Å². The van der Waals surface area contributed by atoms with E-state index in [9.17, 15) is 4.79 Å². The predicted octanol–water partition coefficient (Wildman–Crippen LogP) is 3.43. The Bertz CT molecular complexity index is 733. The highest BCUT2D eigenvalue weighted by atomic mass is 32.1. The zero-order valence-electron chi connectivity index (χ0n) is 12.7. The van der Waals surface area contributed by atoms with Gasteiger partial charge in [0.2, 0.25) is 0 Å². The predicted molar refractivity (Wildman–Crippen MR) is 87.7 cm³/mol. The third-order valence-electron chi connectivity index (χ3n) is 5.38. The van der Waals surface area contributed by atoms with Gasteiger partial charge in [0.15, 0.2) is 0 Å². The number of thiophene rings is 1. The number of hydrogen-bond donors (Lipinski definition) is 0. The Morgan fingerprint density at radius 2 is 2.04 bits per heavy atom. The van der Waals surface area contributed by atoms with Gasteiger partial charge in [0, 0.05) is 12.5 Å². The van der Waals surface area contributed by atoms with Gasteiger partial charge in [-0.2, -0.15) is 0 Å². The van der Waals surface area contributed by atoms with Gasteiger partial charge in [0.25, 0.3) is 0 Å². The molecule has 2 aromatic rings. The van der Waals surface area contributed by atoms with E-state index >= 15 is 0 Å². The van der Waals surface area contributed by atoms with Crippen molar-refractivity contribution in [3.63, 3.8) is 0 Å². The third kappa shape index (κ3) is 2.05. The molecule has 4 aliphatic rings. The molecule has 2 aromatic heterocycles. The van der Waals surface area contributed by atoms with Crippen LogP contribution in [0.25, 0.3) is 10.6 Å². The Kier molecular flexibility index (Phi) is 2.87. The number of nitrogens with zero attached hydrogens (tertiary/aromatic N) is 2. The SMILES string of the molecule is O=C1OC2(CN3CCC2CC3)CN1c1ccc(-c2ccco2)s1. The van der Waals surface area contributed by atoms with E-state index < -0.39 is 0 Å². The van der Waals surface area contributed by atoms with Gasteiger partial charge in [0.1, 0.15) is 16.4 Å². The minimum Gasteiger partial charge on any atom is -0.464 e. The van der Waals surface area contributed by atoms with Gasteiger partial charge in [0.05, 0.1) is 17.7 Å². The minimum absolute atomic E-state index is 0.202. The van der Waals surface area contributed by atoms with E-state index in [1.807, 2.05) is 24.3 Å². The minimum atomic E-state index is -0.303. The summed E-state index contributed by atoms with van der Waals surface area (Å²) in [5.41, 5.74) is -0.303. The summed E-state index contributed by atoms with van der Waals surface area (Å²) in [6.45, 7) is 3.85. The van der Waals surface area contributed by atoms with Crippen molar-refractivity contribution in [1.29, 1.82) is 0 Å². The molecular weight excluding hydrogens is 312 g/mol. The number of furan rings is 1. The molecule has 1 atom stereocenters. The lowest BCUT2D eigenvalue weighted by Crippen LogP contribution is -2.61. The number of fused-ring (bicyclic) bond motifs is 2. The van der Waals surface area contributed by atoms with Crippen molar-refractivity contribution in [3.05, 3.63) is 30.5 Å². The average molecular weight is 330 g/mol. The zero-order valence-corrected chi connectivity index (χ0v) is 13.6. The van der Waals surface area contributed by atoms with Crippen LogP contribution in [0.4, 0.5) is 9.80 Å². The molecule has 5 nitrogen and oxygen atoms in total. The lowest BCUT2D eigenvalue weighted by molar-refractivity contribution is -0.0881. The molecule has 1 spiro atoms. The van der Waals surface area contributed by atoms with Gasteiger partial charge < -0.3 is 9.15 Å². The molecule has 6 heterocycles. The Labute approximate surface area is 138 Å². The van der Waals surface area contributed by atoms with Crippen molar-refractivity contribution in [2.45, 2.75) is 18.4 Å². The molecule has 2 bridgehead atoms. The van der Waals surface area contributed by atoms with Gasteiger partial charge in [-0.3, -0.25) is 9.80 Å². The highest BCUT2D eigenvalue weighted by Crippen LogP contribution is 2.45. The van der Waals surface area contributed by atoms with Crippen LogP contribution < -0.4 is 4.90 Å². The van der Waals surface area contributed by atoms with Crippen LogP contribution in [0.5, 0.6) is 0 Å². The average Bonchev–Trinajstić information content (AvgIpc) is 3.28. The van der Waals surface area contributed by atoms with Gasteiger partial charge in [-0.25, -0.2) is 4.79 Å². The van der Waals surface area contributed by atoms with Crippen molar-refractivity contribution in [1.82, 2.24) is 4.90 Å². The van der Waals surface area contributed by atoms with E-state index in [4.69, 9.17) is 9.15 Å². The summed E-state index contributed by atoms with van der Waals surface area (Å²) in [4.78, 5) is 17.8. The first-order valence-corrected chi connectivity index (χ1v) is 8.92. The molecule has 4 fully saturated rings. The topological polar surface area (TPSA) is 45.9 Å². The van der Waals surface area contributed by atoms with E-state index in [1.165, 1.54) is 0 Å². The first-order valence-electron chi connectivity index (χ1n) is 8.10. The van der Waals surface area contributed by atoms with E-state index in [0.717, 1.165) is 48.1 Å². The van der Waals surface area contributed by atoms with Gasteiger partial charge in [-0.15, -0.1) is 11.3 Å². The standard InChI is InChI=1S/C17H18N2O3S/c20-16-19(15-4-3-14(23-15)13-2-1-9-21-13)11-17(22-16)10-18-7-5-12(17)6-8-18/h1-4,9,12H,5-8,10-11H2. The van der Waals surface area contributed by atoms with Gasteiger partial charge in [-0.1, -0.05) is 0 Å². The monoisotopic (exact) mass is 330 g/mol. The summed E-state index contributed by atoms with van der Waals surface area (Å²) < 4.78 is 11.4. The number of amides is 1. The fourth-order valence-electron chi connectivity index (χ4n) is 4.20. The maximum atomic E-state index is 12.5. The summed E-state index contributed by atoms with van der Waals surface area (Å²) in [5.74, 6) is 1.34. The highest BCUT2D eigenvalue weighted by Gasteiger charge is 2.55. The molecular formula is C17H18N2O3S. The summed E-state index contributed by atoms with van der Waals surface area (Å²) >= 11 is 1.58. The highest BCUT2D eigenvalue weighted by molar-refractivity contribution is 7.19. The molecule has 6 heteroatoms. The van der Waals surface area contributed by atoms with Crippen molar-refractivity contribution in [2.75, 3.05) is 31.1 Å². The fraction of sp³-hybridized carbons (Fsp3) is 0.471. The van der Waals surface area contributed by atoms with Crippen molar-refractivity contribution < 1.29 is 13.9 Å². The summed E-state index contributed by atoms with van der Waals surface area (Å²) in [5, 5.41) is 0.940. The van der Waals surface area contributed by atoms with E-state index in [1.54, 1.807) is 22.5 Å². The number of carbonyl (C=O) groups excluding carboxylic acids is 1. The van der Waals surface area contributed by atoms with Crippen LogP contribution >= 0.6 is 11.3 Å². The molecule has 4 aliphatic heterocycles. The zero-order chi connectivity index (χ0) is 15.4. The van der Waals surface area contributed by atoms with Gasteiger partial charge in [-0.05, 0) is 50.2 Å². The number of ether oxygens (including phenoxy) is 1. The first kappa shape index (κ1) is 13.6. The van der Waals surface area contributed by atoms with E-state index in [-0.39, 0.29) is 11.7 Å². The lowest BCUT2D eigenvalue weighted by atomic mass is 9.75.